The van der Waals surface area contributed by atoms with Crippen LogP contribution in [0.5, 0.6) is 5.75 Å². The summed E-state index contributed by atoms with van der Waals surface area (Å²) in [4.78, 5) is 18.7. The van der Waals surface area contributed by atoms with Crippen LogP contribution in [0.1, 0.15) is 43.7 Å². The summed E-state index contributed by atoms with van der Waals surface area (Å²) < 4.78 is 0. The number of phenolic OH excluding ortho intramolecular Hbond substituents is 1. The van der Waals surface area contributed by atoms with Crippen molar-refractivity contribution in [2.24, 2.45) is 5.41 Å². The molecule has 1 aliphatic rings. The van der Waals surface area contributed by atoms with E-state index in [9.17, 15) is 9.90 Å². The number of hydrogen-bond acceptors (Lipinski definition) is 3. The molecular weight excluding hydrogens is 326 g/mol. The van der Waals surface area contributed by atoms with Gasteiger partial charge < -0.3 is 15.3 Å². The van der Waals surface area contributed by atoms with Gasteiger partial charge in [0.05, 0.1) is 0 Å². The molecule has 0 atom stereocenters. The number of hydrogen-bond donors (Lipinski definition) is 2. The van der Waals surface area contributed by atoms with Crippen molar-refractivity contribution in [1.82, 2.24) is 15.2 Å². The van der Waals surface area contributed by atoms with Crippen LogP contribution < -0.4 is 5.32 Å². The molecule has 0 aliphatic heterocycles. The van der Waals surface area contributed by atoms with Crippen molar-refractivity contribution in [3.8, 4) is 5.75 Å². The van der Waals surface area contributed by atoms with Crippen LogP contribution in [0.2, 0.25) is 0 Å². The zero-order valence-corrected chi connectivity index (χ0v) is 15.3. The lowest BCUT2D eigenvalue weighted by Crippen LogP contribution is -2.46. The molecule has 0 radical (unpaired) electrons. The summed E-state index contributed by atoms with van der Waals surface area (Å²) in [6, 6.07) is 10.8. The molecule has 5 nitrogen and oxygen atoms in total. The smallest absolute Gasteiger partial charge is 0.318 e. The standard InChI is InChI=1S/C21H27N3O2/c1-2-21(10-3-11-21)16-23-20(26)24(15-18-8-12-22-13-9-18)14-17-4-6-19(25)7-5-17/h4-9,12-13,25H,2-3,10-11,14-16H2,1H3,(H,23,26). The van der Waals surface area contributed by atoms with Gasteiger partial charge in [-0.25, -0.2) is 4.79 Å². The molecule has 0 bridgehead atoms. The summed E-state index contributed by atoms with van der Waals surface area (Å²) in [5.74, 6) is 0.230. The van der Waals surface area contributed by atoms with Crippen molar-refractivity contribution in [2.75, 3.05) is 6.54 Å². The number of amides is 2. The van der Waals surface area contributed by atoms with Gasteiger partial charge in [0.1, 0.15) is 5.75 Å². The molecule has 3 rings (SSSR count). The predicted molar refractivity (Wildman–Crippen MR) is 102 cm³/mol. The van der Waals surface area contributed by atoms with Crippen molar-refractivity contribution in [1.29, 1.82) is 0 Å². The van der Waals surface area contributed by atoms with Crippen molar-refractivity contribution in [2.45, 2.75) is 45.7 Å². The Morgan fingerprint density at radius 2 is 1.73 bits per heavy atom. The molecule has 138 valence electrons. The molecule has 1 aromatic heterocycles. The number of benzene rings is 1. The SMILES string of the molecule is CCC1(CNC(=O)N(Cc2ccncc2)Cc2ccc(O)cc2)CCC1. The van der Waals surface area contributed by atoms with Gasteiger partial charge in [-0.1, -0.05) is 25.5 Å². The fourth-order valence-corrected chi connectivity index (χ4v) is 3.44. The molecule has 1 heterocycles. The molecule has 0 spiro atoms. The van der Waals surface area contributed by atoms with E-state index in [1.165, 1.54) is 19.3 Å². The quantitative estimate of drug-likeness (QED) is 0.788. The van der Waals surface area contributed by atoms with E-state index in [0.717, 1.165) is 24.1 Å². The minimum absolute atomic E-state index is 0.0467. The number of rotatable bonds is 7. The van der Waals surface area contributed by atoms with Crippen molar-refractivity contribution < 1.29 is 9.90 Å². The lowest BCUT2D eigenvalue weighted by molar-refractivity contribution is 0.119. The van der Waals surface area contributed by atoms with Gasteiger partial charge in [-0.3, -0.25) is 4.98 Å². The third kappa shape index (κ3) is 4.54. The Morgan fingerprint density at radius 1 is 1.12 bits per heavy atom. The average Bonchev–Trinajstić information content (AvgIpc) is 2.63. The highest BCUT2D eigenvalue weighted by Gasteiger charge is 2.35. The molecule has 26 heavy (non-hydrogen) atoms. The lowest BCUT2D eigenvalue weighted by atomic mass is 9.67. The molecular formula is C21H27N3O2. The molecule has 2 aromatic rings. The fraction of sp³-hybridized carbons (Fsp3) is 0.429. The minimum atomic E-state index is -0.0467. The van der Waals surface area contributed by atoms with Gasteiger partial charge >= 0.3 is 6.03 Å². The summed E-state index contributed by atoms with van der Waals surface area (Å²) in [6.45, 7) is 3.96. The molecule has 0 saturated heterocycles. The van der Waals surface area contributed by atoms with E-state index in [1.807, 2.05) is 29.2 Å². The third-order valence-corrected chi connectivity index (χ3v) is 5.50. The van der Waals surface area contributed by atoms with Crippen LogP contribution in [0.15, 0.2) is 48.8 Å². The average molecular weight is 353 g/mol. The van der Waals surface area contributed by atoms with Crippen molar-refractivity contribution in [3.63, 3.8) is 0 Å². The molecule has 2 amide bonds. The van der Waals surface area contributed by atoms with Crippen LogP contribution in [0.4, 0.5) is 4.79 Å². The maximum atomic E-state index is 12.9. The van der Waals surface area contributed by atoms with Crippen LogP contribution in [0, 0.1) is 5.41 Å². The largest absolute Gasteiger partial charge is 0.508 e. The number of carbonyl (C=O) groups is 1. The number of aromatic hydroxyl groups is 1. The predicted octanol–water partition coefficient (Wildman–Crippen LogP) is 4.08. The number of pyridine rings is 1. The minimum Gasteiger partial charge on any atom is -0.508 e. The van der Waals surface area contributed by atoms with E-state index in [2.05, 4.69) is 17.2 Å². The van der Waals surface area contributed by atoms with Gasteiger partial charge in [-0.15, -0.1) is 0 Å². The highest BCUT2D eigenvalue weighted by molar-refractivity contribution is 5.74. The number of aromatic nitrogens is 1. The van der Waals surface area contributed by atoms with E-state index in [-0.39, 0.29) is 17.2 Å². The molecule has 0 unspecified atom stereocenters. The highest BCUT2D eigenvalue weighted by Crippen LogP contribution is 2.43. The van der Waals surface area contributed by atoms with Gasteiger partial charge in [-0.2, -0.15) is 0 Å². The Labute approximate surface area is 155 Å². The van der Waals surface area contributed by atoms with Gasteiger partial charge in [0, 0.05) is 32.0 Å². The third-order valence-electron chi connectivity index (χ3n) is 5.50. The number of carbonyl (C=O) groups excluding carboxylic acids is 1. The summed E-state index contributed by atoms with van der Waals surface area (Å²) >= 11 is 0. The van der Waals surface area contributed by atoms with Crippen LogP contribution >= 0.6 is 0 Å². The van der Waals surface area contributed by atoms with Gasteiger partial charge in [-0.05, 0) is 60.1 Å². The van der Waals surface area contributed by atoms with E-state index >= 15 is 0 Å². The zero-order chi connectivity index (χ0) is 18.4. The maximum absolute atomic E-state index is 12.9. The van der Waals surface area contributed by atoms with E-state index in [4.69, 9.17) is 0 Å². The number of nitrogens with zero attached hydrogens (tertiary/aromatic N) is 2. The first-order valence-corrected chi connectivity index (χ1v) is 9.30. The fourth-order valence-electron chi connectivity index (χ4n) is 3.44. The molecule has 1 aromatic carbocycles. The Morgan fingerprint density at radius 3 is 2.27 bits per heavy atom. The first-order chi connectivity index (χ1) is 12.6. The normalized spacial score (nSPS) is 15.1. The second-order valence-electron chi connectivity index (χ2n) is 7.24. The van der Waals surface area contributed by atoms with Gasteiger partial charge in [0.25, 0.3) is 0 Å². The molecule has 5 heteroatoms. The van der Waals surface area contributed by atoms with Crippen LogP contribution in [0.3, 0.4) is 0 Å². The van der Waals surface area contributed by atoms with E-state index in [1.54, 1.807) is 24.5 Å². The number of urea groups is 1. The van der Waals surface area contributed by atoms with Crippen molar-refractivity contribution >= 4 is 6.03 Å². The molecule has 1 aliphatic carbocycles. The summed E-state index contributed by atoms with van der Waals surface area (Å²) in [5, 5.41) is 12.6. The van der Waals surface area contributed by atoms with Crippen LogP contribution in [0.25, 0.3) is 0 Å². The monoisotopic (exact) mass is 353 g/mol. The van der Waals surface area contributed by atoms with E-state index < -0.39 is 0 Å². The molecule has 1 saturated carbocycles. The van der Waals surface area contributed by atoms with Crippen LogP contribution in [-0.4, -0.2) is 27.6 Å². The first kappa shape index (κ1) is 18.2. The van der Waals surface area contributed by atoms with Gasteiger partial charge in [0.2, 0.25) is 0 Å². The second-order valence-corrected chi connectivity index (χ2v) is 7.24. The van der Waals surface area contributed by atoms with Gasteiger partial charge in [0.15, 0.2) is 0 Å². The molecule has 2 N–H and O–H groups in total. The maximum Gasteiger partial charge on any atom is 0.318 e. The van der Waals surface area contributed by atoms with Crippen LogP contribution in [-0.2, 0) is 13.1 Å². The number of phenols is 1. The lowest BCUT2D eigenvalue weighted by Gasteiger charge is -2.41. The molecule has 1 fully saturated rings. The Balaban J connectivity index is 1.68. The summed E-state index contributed by atoms with van der Waals surface area (Å²) in [7, 11) is 0. The second kappa shape index (κ2) is 8.21. The Bertz CT molecular complexity index is 706. The highest BCUT2D eigenvalue weighted by atomic mass is 16.3. The zero-order valence-electron chi connectivity index (χ0n) is 15.3. The first-order valence-electron chi connectivity index (χ1n) is 9.30. The van der Waals surface area contributed by atoms with E-state index in [0.29, 0.717) is 13.1 Å². The number of nitrogens with one attached hydrogen (secondary N) is 1. The topological polar surface area (TPSA) is 65.5 Å². The summed E-state index contributed by atoms with van der Waals surface area (Å²) in [6.07, 6.45) is 8.25. The summed E-state index contributed by atoms with van der Waals surface area (Å²) in [5.41, 5.74) is 2.32. The Hall–Kier alpha value is -2.56. The van der Waals surface area contributed by atoms with Crippen molar-refractivity contribution in [3.05, 3.63) is 59.9 Å². The Kier molecular flexibility index (Phi) is 5.76.